The Labute approximate surface area is 191 Å². The second kappa shape index (κ2) is 9.36. The van der Waals surface area contributed by atoms with Crippen molar-refractivity contribution >= 4 is 35.2 Å². The van der Waals surface area contributed by atoms with E-state index in [0.717, 1.165) is 0 Å². The summed E-state index contributed by atoms with van der Waals surface area (Å²) in [5.74, 6) is 0.497. The fraction of sp³-hybridized carbons (Fsp3) is 0.476. The Morgan fingerprint density at radius 3 is 2.65 bits per heavy atom. The highest BCUT2D eigenvalue weighted by Crippen LogP contribution is 2.28. The lowest BCUT2D eigenvalue weighted by Crippen LogP contribution is -2.56. The summed E-state index contributed by atoms with van der Waals surface area (Å²) in [7, 11) is 0. The smallest absolute Gasteiger partial charge is 0.410 e. The monoisotopic (exact) mass is 469 g/mol. The molecule has 1 unspecified atom stereocenters. The molecule has 2 aromatic rings. The van der Waals surface area contributed by atoms with Gasteiger partial charge in [0.2, 0.25) is 11.7 Å². The summed E-state index contributed by atoms with van der Waals surface area (Å²) in [5, 5.41) is 0.870. The van der Waals surface area contributed by atoms with E-state index in [0.29, 0.717) is 35.4 Å². The van der Waals surface area contributed by atoms with Crippen LogP contribution in [0.3, 0.4) is 0 Å². The van der Waals surface area contributed by atoms with Crippen molar-refractivity contribution in [1.29, 1.82) is 0 Å². The Bertz CT molecular complexity index is 957. The summed E-state index contributed by atoms with van der Waals surface area (Å²) >= 11 is 11.9. The molecule has 0 saturated carbocycles. The molecule has 1 aliphatic rings. The summed E-state index contributed by atoms with van der Waals surface area (Å²) in [6, 6.07) is 4.68. The number of carbonyl (C=O) groups excluding carboxylic acids is 2. The molecule has 1 aromatic carbocycles. The molecule has 1 atom stereocenters. The van der Waals surface area contributed by atoms with Crippen molar-refractivity contribution in [3.05, 3.63) is 46.1 Å². The van der Waals surface area contributed by atoms with Crippen LogP contribution in [-0.4, -0.2) is 58.1 Å². The molecule has 0 aliphatic carbocycles. The number of benzene rings is 1. The molecule has 2 amide bonds. The number of carbonyl (C=O) groups is 2. The van der Waals surface area contributed by atoms with Gasteiger partial charge in [0.25, 0.3) is 5.91 Å². The fourth-order valence-electron chi connectivity index (χ4n) is 3.10. The van der Waals surface area contributed by atoms with Gasteiger partial charge in [-0.3, -0.25) is 4.79 Å². The Hall–Kier alpha value is -2.45. The molecule has 0 bridgehead atoms. The summed E-state index contributed by atoms with van der Waals surface area (Å²) in [5.41, 5.74) is -0.571. The topological polar surface area (TPSA) is 85.1 Å². The first-order valence-electron chi connectivity index (χ1n) is 9.85. The third-order valence-electron chi connectivity index (χ3n) is 4.55. The molecule has 8 nitrogen and oxygen atoms in total. The molecular formula is C21H25Cl2N3O5. The highest BCUT2D eigenvalue weighted by atomic mass is 35.5. The molecule has 10 heteroatoms. The Kier molecular flexibility index (Phi) is 7.01. The number of hydrogen-bond donors (Lipinski definition) is 0. The number of piperazine rings is 1. The van der Waals surface area contributed by atoms with Crippen LogP contribution in [-0.2, 0) is 11.3 Å². The Balaban J connectivity index is 1.56. The van der Waals surface area contributed by atoms with E-state index in [1.165, 1.54) is 6.20 Å². The first kappa shape index (κ1) is 23.2. The molecular weight excluding hydrogens is 445 g/mol. The fourth-order valence-corrected chi connectivity index (χ4v) is 3.56. The van der Waals surface area contributed by atoms with Crippen LogP contribution in [0.1, 0.15) is 44.1 Å². The number of amides is 2. The first-order chi connectivity index (χ1) is 14.5. The molecule has 0 N–H and O–H groups in total. The van der Waals surface area contributed by atoms with E-state index in [1.54, 1.807) is 28.0 Å². The van der Waals surface area contributed by atoms with Gasteiger partial charge < -0.3 is 23.7 Å². The maximum absolute atomic E-state index is 12.8. The first-order valence-corrected chi connectivity index (χ1v) is 10.6. The van der Waals surface area contributed by atoms with Gasteiger partial charge in [-0.2, -0.15) is 0 Å². The highest BCUT2D eigenvalue weighted by molar-refractivity contribution is 6.35. The lowest BCUT2D eigenvalue weighted by Gasteiger charge is -2.39. The lowest BCUT2D eigenvalue weighted by molar-refractivity contribution is 0.00152. The SMILES string of the molecule is CC1CN(C(=O)c2cnc(COc3ccc(Cl)cc3Cl)o2)CCN1C(=O)OC(C)(C)C. The van der Waals surface area contributed by atoms with Crippen LogP contribution >= 0.6 is 23.2 Å². The van der Waals surface area contributed by atoms with Crippen molar-refractivity contribution in [2.24, 2.45) is 0 Å². The molecule has 2 heterocycles. The Morgan fingerprint density at radius 2 is 2.00 bits per heavy atom. The number of oxazole rings is 1. The van der Waals surface area contributed by atoms with Gasteiger partial charge in [0, 0.05) is 30.7 Å². The second-order valence-electron chi connectivity index (χ2n) is 8.26. The van der Waals surface area contributed by atoms with E-state index in [-0.39, 0.29) is 36.3 Å². The van der Waals surface area contributed by atoms with Crippen molar-refractivity contribution in [3.8, 4) is 5.75 Å². The lowest BCUT2D eigenvalue weighted by atomic mass is 10.2. The minimum Gasteiger partial charge on any atom is -0.482 e. The van der Waals surface area contributed by atoms with E-state index in [9.17, 15) is 9.59 Å². The molecule has 3 rings (SSSR count). The van der Waals surface area contributed by atoms with Crippen LogP contribution in [0.4, 0.5) is 4.79 Å². The van der Waals surface area contributed by atoms with Gasteiger partial charge in [0.05, 0.1) is 11.2 Å². The summed E-state index contributed by atoms with van der Waals surface area (Å²) in [4.78, 5) is 32.5. The summed E-state index contributed by atoms with van der Waals surface area (Å²) in [6.45, 7) is 8.46. The van der Waals surface area contributed by atoms with Crippen LogP contribution < -0.4 is 4.74 Å². The molecule has 0 radical (unpaired) electrons. The van der Waals surface area contributed by atoms with Crippen LogP contribution in [0.5, 0.6) is 5.75 Å². The molecule has 1 fully saturated rings. The quantitative estimate of drug-likeness (QED) is 0.647. The van der Waals surface area contributed by atoms with Gasteiger partial charge >= 0.3 is 6.09 Å². The van der Waals surface area contributed by atoms with E-state index in [2.05, 4.69) is 4.98 Å². The van der Waals surface area contributed by atoms with E-state index < -0.39 is 5.60 Å². The zero-order valence-corrected chi connectivity index (χ0v) is 19.4. The van der Waals surface area contributed by atoms with Crippen LogP contribution in [0, 0.1) is 0 Å². The molecule has 168 valence electrons. The zero-order chi connectivity index (χ0) is 22.8. The number of hydrogen-bond acceptors (Lipinski definition) is 6. The van der Waals surface area contributed by atoms with E-state index in [1.807, 2.05) is 27.7 Å². The van der Waals surface area contributed by atoms with Gasteiger partial charge in [-0.15, -0.1) is 0 Å². The van der Waals surface area contributed by atoms with Gasteiger partial charge in [-0.05, 0) is 45.9 Å². The van der Waals surface area contributed by atoms with Gasteiger partial charge in [0.15, 0.2) is 6.61 Å². The minimum atomic E-state index is -0.571. The van der Waals surface area contributed by atoms with Gasteiger partial charge in [-0.1, -0.05) is 23.2 Å². The predicted octanol–water partition coefficient (Wildman–Crippen LogP) is 4.64. The standard InChI is InChI=1S/C21H25Cl2N3O5/c1-13-11-25(7-8-26(13)20(28)31-21(2,3)4)19(27)17-10-24-18(30-17)12-29-16-6-5-14(22)9-15(16)23/h5-6,9-10,13H,7-8,11-12H2,1-4H3. The number of nitrogens with zero attached hydrogens (tertiary/aromatic N) is 3. The van der Waals surface area contributed by atoms with Crippen molar-refractivity contribution in [2.45, 2.75) is 45.9 Å². The number of halogens is 2. The third-order valence-corrected chi connectivity index (χ3v) is 5.08. The third kappa shape index (κ3) is 6.04. The van der Waals surface area contributed by atoms with Gasteiger partial charge in [-0.25, -0.2) is 9.78 Å². The van der Waals surface area contributed by atoms with E-state index >= 15 is 0 Å². The Morgan fingerprint density at radius 1 is 1.26 bits per heavy atom. The molecule has 0 spiro atoms. The van der Waals surface area contributed by atoms with Crippen LogP contribution in [0.15, 0.2) is 28.8 Å². The summed E-state index contributed by atoms with van der Waals surface area (Å²) < 4.78 is 16.6. The van der Waals surface area contributed by atoms with Crippen molar-refractivity contribution in [1.82, 2.24) is 14.8 Å². The van der Waals surface area contributed by atoms with Crippen LogP contribution in [0.2, 0.25) is 10.0 Å². The normalized spacial score (nSPS) is 16.9. The minimum absolute atomic E-state index is 0.0114. The van der Waals surface area contributed by atoms with Crippen molar-refractivity contribution < 1.29 is 23.5 Å². The molecule has 1 saturated heterocycles. The largest absolute Gasteiger partial charge is 0.482 e. The zero-order valence-electron chi connectivity index (χ0n) is 17.9. The molecule has 31 heavy (non-hydrogen) atoms. The maximum atomic E-state index is 12.8. The number of ether oxygens (including phenoxy) is 2. The average molecular weight is 470 g/mol. The average Bonchev–Trinajstić information content (AvgIpc) is 3.14. The highest BCUT2D eigenvalue weighted by Gasteiger charge is 2.33. The van der Waals surface area contributed by atoms with Crippen molar-refractivity contribution in [2.75, 3.05) is 19.6 Å². The molecule has 1 aliphatic heterocycles. The van der Waals surface area contributed by atoms with E-state index in [4.69, 9.17) is 37.1 Å². The predicted molar refractivity (Wildman–Crippen MR) is 116 cm³/mol. The number of aromatic nitrogens is 1. The maximum Gasteiger partial charge on any atom is 0.410 e. The second-order valence-corrected chi connectivity index (χ2v) is 9.10. The summed E-state index contributed by atoms with van der Waals surface area (Å²) in [6.07, 6.45) is 0.988. The van der Waals surface area contributed by atoms with Gasteiger partial charge in [0.1, 0.15) is 11.4 Å². The number of rotatable bonds is 4. The molecule has 1 aromatic heterocycles. The van der Waals surface area contributed by atoms with Crippen molar-refractivity contribution in [3.63, 3.8) is 0 Å². The van der Waals surface area contributed by atoms with Crippen LogP contribution in [0.25, 0.3) is 0 Å².